The molecule has 8 heteroatoms. The molecule has 2 rings (SSSR count). The van der Waals surface area contributed by atoms with Crippen LogP contribution in [0.2, 0.25) is 0 Å². The van der Waals surface area contributed by atoms with Gasteiger partial charge in [0.2, 0.25) is 5.91 Å². The van der Waals surface area contributed by atoms with Crippen molar-refractivity contribution in [1.29, 1.82) is 5.26 Å². The van der Waals surface area contributed by atoms with E-state index in [0.29, 0.717) is 6.07 Å². The summed E-state index contributed by atoms with van der Waals surface area (Å²) in [5.41, 5.74) is -0.173. The number of carbonyl (C=O) groups excluding carboxylic acids is 1. The van der Waals surface area contributed by atoms with E-state index in [1.807, 2.05) is 0 Å². The van der Waals surface area contributed by atoms with Crippen LogP contribution < -0.4 is 5.32 Å². The highest BCUT2D eigenvalue weighted by Gasteiger charge is 2.17. The van der Waals surface area contributed by atoms with Crippen molar-refractivity contribution in [2.45, 2.75) is 6.04 Å². The molecule has 0 bridgehead atoms. The molecule has 1 N–H and O–H groups in total. The molecule has 0 spiro atoms. The predicted octanol–water partition coefficient (Wildman–Crippen LogP) is 3.27. The van der Waals surface area contributed by atoms with Crippen molar-refractivity contribution in [2.75, 3.05) is 0 Å². The van der Waals surface area contributed by atoms with Gasteiger partial charge in [0.15, 0.2) is 0 Å². The largest absolute Gasteiger partial charge is 0.333 e. The molecular weight excluding hydrogens is 332 g/mol. The van der Waals surface area contributed by atoms with E-state index in [4.69, 9.17) is 5.26 Å². The Kier molecular flexibility index (Phi) is 5.53. The fourth-order valence-corrected chi connectivity index (χ4v) is 2.07. The molecule has 0 aliphatic carbocycles. The van der Waals surface area contributed by atoms with E-state index in [0.717, 1.165) is 18.2 Å². The molecule has 0 aliphatic rings. The number of nitro groups is 1. The maximum atomic E-state index is 13.7. The number of nitriles is 1. The molecule has 0 radical (unpaired) electrons. The van der Waals surface area contributed by atoms with Crippen LogP contribution in [0.25, 0.3) is 6.08 Å². The molecule has 0 heterocycles. The second-order valence-electron chi connectivity index (χ2n) is 4.89. The van der Waals surface area contributed by atoms with Crippen LogP contribution in [0, 0.1) is 33.1 Å². The molecule has 0 aromatic heterocycles. The van der Waals surface area contributed by atoms with Crippen LogP contribution in [-0.4, -0.2) is 10.8 Å². The first kappa shape index (κ1) is 17.7. The number of nitro benzene ring substituents is 1. The van der Waals surface area contributed by atoms with Gasteiger partial charge in [0.25, 0.3) is 5.69 Å². The first-order valence-electron chi connectivity index (χ1n) is 6.99. The zero-order chi connectivity index (χ0) is 18.4. The van der Waals surface area contributed by atoms with E-state index in [-0.39, 0.29) is 16.8 Å². The van der Waals surface area contributed by atoms with Gasteiger partial charge < -0.3 is 5.32 Å². The van der Waals surface area contributed by atoms with Gasteiger partial charge >= 0.3 is 0 Å². The van der Waals surface area contributed by atoms with Crippen LogP contribution in [0.15, 0.2) is 48.5 Å². The smallest absolute Gasteiger partial charge is 0.276 e. The Morgan fingerprint density at radius 1 is 1.28 bits per heavy atom. The molecule has 0 saturated heterocycles. The topological polar surface area (TPSA) is 96.0 Å². The third-order valence-electron chi connectivity index (χ3n) is 3.24. The second-order valence-corrected chi connectivity index (χ2v) is 4.89. The molecule has 2 aromatic rings. The fraction of sp³-hybridized carbons (Fsp3) is 0.0588. The summed E-state index contributed by atoms with van der Waals surface area (Å²) in [4.78, 5) is 22.2. The maximum Gasteiger partial charge on any atom is 0.276 e. The van der Waals surface area contributed by atoms with Gasteiger partial charge in [-0.3, -0.25) is 14.9 Å². The number of nitrogens with zero attached hydrogens (tertiary/aromatic N) is 2. The summed E-state index contributed by atoms with van der Waals surface area (Å²) < 4.78 is 26.6. The third-order valence-corrected chi connectivity index (χ3v) is 3.24. The lowest BCUT2D eigenvalue weighted by Gasteiger charge is -2.11. The number of nitrogens with one attached hydrogen (secondary N) is 1. The van der Waals surface area contributed by atoms with Gasteiger partial charge in [0.1, 0.15) is 17.7 Å². The Hall–Kier alpha value is -3.60. The predicted molar refractivity (Wildman–Crippen MR) is 85.0 cm³/mol. The summed E-state index contributed by atoms with van der Waals surface area (Å²) in [5, 5.41) is 22.2. The number of benzene rings is 2. The molecule has 0 aliphatic heterocycles. The van der Waals surface area contributed by atoms with Crippen LogP contribution in [0.1, 0.15) is 17.2 Å². The van der Waals surface area contributed by atoms with Crippen molar-refractivity contribution in [3.63, 3.8) is 0 Å². The highest BCUT2D eigenvalue weighted by Crippen LogP contribution is 2.20. The Balaban J connectivity index is 2.16. The minimum Gasteiger partial charge on any atom is -0.333 e. The lowest BCUT2D eigenvalue weighted by molar-refractivity contribution is -0.385. The summed E-state index contributed by atoms with van der Waals surface area (Å²) in [6.07, 6.45) is 2.21. The molecule has 25 heavy (non-hydrogen) atoms. The Morgan fingerprint density at radius 3 is 2.64 bits per heavy atom. The molecular formula is C17H11F2N3O3. The number of carbonyl (C=O) groups is 1. The molecule has 0 fully saturated rings. The number of rotatable bonds is 5. The van der Waals surface area contributed by atoms with Crippen LogP contribution in [0.4, 0.5) is 14.5 Å². The molecule has 6 nitrogen and oxygen atoms in total. The SMILES string of the molecule is N#CC(NC(=O)/C=C/c1ccccc1[N+](=O)[O-])c1ccc(F)cc1F. The van der Waals surface area contributed by atoms with Crippen molar-refractivity contribution in [3.8, 4) is 6.07 Å². The standard InChI is InChI=1S/C17H11F2N3O3/c18-12-6-7-13(14(19)9-12)15(10-20)21-17(23)8-5-11-3-1-2-4-16(11)22(24)25/h1-9,15H,(H,21,23)/b8-5+. The Bertz CT molecular complexity index is 891. The van der Waals surface area contributed by atoms with Gasteiger partial charge in [-0.05, 0) is 18.2 Å². The lowest BCUT2D eigenvalue weighted by Crippen LogP contribution is -2.26. The zero-order valence-electron chi connectivity index (χ0n) is 12.6. The Labute approximate surface area is 141 Å². The summed E-state index contributed by atoms with van der Waals surface area (Å²) in [5.74, 6) is -2.52. The first-order chi connectivity index (χ1) is 11.9. The normalized spacial score (nSPS) is 11.7. The third kappa shape index (κ3) is 4.45. The van der Waals surface area contributed by atoms with Crippen LogP contribution >= 0.6 is 0 Å². The van der Waals surface area contributed by atoms with Crippen molar-refractivity contribution in [3.05, 3.63) is 81.4 Å². The average Bonchev–Trinajstić information content (AvgIpc) is 2.58. The van der Waals surface area contributed by atoms with E-state index in [1.165, 1.54) is 24.3 Å². The Morgan fingerprint density at radius 2 is 2.00 bits per heavy atom. The number of hydrogen-bond acceptors (Lipinski definition) is 4. The quantitative estimate of drug-likeness (QED) is 0.512. The van der Waals surface area contributed by atoms with Crippen molar-refractivity contribution < 1.29 is 18.5 Å². The minimum atomic E-state index is -1.33. The van der Waals surface area contributed by atoms with Gasteiger partial charge in [0, 0.05) is 23.8 Å². The number of para-hydroxylation sites is 1. The maximum absolute atomic E-state index is 13.7. The van der Waals surface area contributed by atoms with E-state index in [2.05, 4.69) is 5.32 Å². The minimum absolute atomic E-state index is 0.184. The first-order valence-corrected chi connectivity index (χ1v) is 6.99. The van der Waals surface area contributed by atoms with Gasteiger partial charge in [-0.2, -0.15) is 5.26 Å². The van der Waals surface area contributed by atoms with Gasteiger partial charge in [-0.15, -0.1) is 0 Å². The van der Waals surface area contributed by atoms with Crippen LogP contribution in [-0.2, 0) is 4.79 Å². The fourth-order valence-electron chi connectivity index (χ4n) is 2.07. The van der Waals surface area contributed by atoms with E-state index < -0.39 is 28.5 Å². The monoisotopic (exact) mass is 343 g/mol. The molecule has 1 unspecified atom stereocenters. The van der Waals surface area contributed by atoms with Crippen molar-refractivity contribution >= 4 is 17.7 Å². The number of halogens is 2. The molecule has 0 saturated carbocycles. The highest BCUT2D eigenvalue weighted by molar-refractivity contribution is 5.92. The summed E-state index contributed by atoms with van der Waals surface area (Å²) in [7, 11) is 0. The highest BCUT2D eigenvalue weighted by atomic mass is 19.1. The van der Waals surface area contributed by atoms with Crippen LogP contribution in [0.3, 0.4) is 0 Å². The zero-order valence-corrected chi connectivity index (χ0v) is 12.6. The summed E-state index contributed by atoms with van der Waals surface area (Å²) in [6.45, 7) is 0. The second kappa shape index (κ2) is 7.79. The molecule has 1 amide bonds. The van der Waals surface area contributed by atoms with Gasteiger partial charge in [-0.25, -0.2) is 8.78 Å². The summed E-state index contributed by atoms with van der Waals surface area (Å²) in [6, 6.07) is 8.79. The number of hydrogen-bond donors (Lipinski definition) is 1. The van der Waals surface area contributed by atoms with Gasteiger partial charge in [-0.1, -0.05) is 18.2 Å². The average molecular weight is 343 g/mol. The molecule has 1 atom stereocenters. The van der Waals surface area contributed by atoms with Gasteiger partial charge in [0.05, 0.1) is 16.6 Å². The van der Waals surface area contributed by atoms with Crippen molar-refractivity contribution in [1.82, 2.24) is 5.32 Å². The van der Waals surface area contributed by atoms with E-state index in [1.54, 1.807) is 12.1 Å². The van der Waals surface area contributed by atoms with E-state index in [9.17, 15) is 23.7 Å². The van der Waals surface area contributed by atoms with Crippen LogP contribution in [0.5, 0.6) is 0 Å². The molecule has 126 valence electrons. The summed E-state index contributed by atoms with van der Waals surface area (Å²) >= 11 is 0. The number of amides is 1. The lowest BCUT2D eigenvalue weighted by atomic mass is 10.1. The van der Waals surface area contributed by atoms with E-state index >= 15 is 0 Å². The molecule has 2 aromatic carbocycles. The van der Waals surface area contributed by atoms with Crippen molar-refractivity contribution in [2.24, 2.45) is 0 Å².